The van der Waals surface area contributed by atoms with Crippen molar-refractivity contribution in [3.05, 3.63) is 22.7 Å². The molecule has 0 aromatic heterocycles. The smallest absolute Gasteiger partial charge is 0.224 e. The third-order valence-electron chi connectivity index (χ3n) is 4.83. The van der Waals surface area contributed by atoms with Gasteiger partial charge in [0.1, 0.15) is 5.75 Å². The predicted molar refractivity (Wildman–Crippen MR) is 96.3 cm³/mol. The number of halogens is 1. The van der Waals surface area contributed by atoms with Crippen LogP contribution < -0.4 is 10.1 Å². The summed E-state index contributed by atoms with van der Waals surface area (Å²) in [6.45, 7) is 5.16. The summed E-state index contributed by atoms with van der Waals surface area (Å²) in [6.07, 6.45) is 1.92. The number of carbonyl (C=O) groups is 1. The molecular formula is C18H25ClN2O4. The van der Waals surface area contributed by atoms with Crippen LogP contribution in [0, 0.1) is 6.92 Å². The second kappa shape index (κ2) is 7.81. The van der Waals surface area contributed by atoms with Gasteiger partial charge in [-0.3, -0.25) is 4.79 Å². The zero-order valence-electron chi connectivity index (χ0n) is 14.8. The predicted octanol–water partition coefficient (Wildman–Crippen LogP) is 2.82. The highest BCUT2D eigenvalue weighted by Gasteiger charge is 2.40. The quantitative estimate of drug-likeness (QED) is 0.866. The van der Waals surface area contributed by atoms with E-state index in [1.807, 2.05) is 17.9 Å². The third kappa shape index (κ3) is 4.19. The first-order chi connectivity index (χ1) is 12.0. The zero-order chi connectivity index (χ0) is 17.9. The van der Waals surface area contributed by atoms with Crippen molar-refractivity contribution in [1.29, 1.82) is 0 Å². The molecule has 1 N–H and O–H groups in total. The van der Waals surface area contributed by atoms with E-state index in [9.17, 15) is 4.79 Å². The summed E-state index contributed by atoms with van der Waals surface area (Å²) < 4.78 is 16.7. The molecule has 2 aliphatic rings. The van der Waals surface area contributed by atoms with Gasteiger partial charge in [0.25, 0.3) is 0 Å². The summed E-state index contributed by atoms with van der Waals surface area (Å²) in [6, 6.07) is 3.72. The molecule has 0 bridgehead atoms. The number of anilines is 1. The number of likely N-dealkylation sites (tertiary alicyclic amines) is 1. The number of benzene rings is 1. The van der Waals surface area contributed by atoms with E-state index in [-0.39, 0.29) is 5.91 Å². The maximum atomic E-state index is 12.4. The van der Waals surface area contributed by atoms with Crippen molar-refractivity contribution in [2.24, 2.45) is 0 Å². The minimum atomic E-state index is -0.441. The van der Waals surface area contributed by atoms with Gasteiger partial charge in [-0.15, -0.1) is 0 Å². The van der Waals surface area contributed by atoms with Crippen LogP contribution in [0.3, 0.4) is 0 Å². The maximum Gasteiger partial charge on any atom is 0.224 e. The molecular weight excluding hydrogens is 344 g/mol. The van der Waals surface area contributed by atoms with Crippen molar-refractivity contribution >= 4 is 23.2 Å². The van der Waals surface area contributed by atoms with Gasteiger partial charge in [0.2, 0.25) is 5.91 Å². The summed E-state index contributed by atoms with van der Waals surface area (Å²) in [5, 5.41) is 3.93. The fourth-order valence-corrected chi connectivity index (χ4v) is 3.47. The molecule has 0 atom stereocenters. The monoisotopic (exact) mass is 368 g/mol. The van der Waals surface area contributed by atoms with Crippen LogP contribution in [0.15, 0.2) is 12.1 Å². The van der Waals surface area contributed by atoms with E-state index in [0.29, 0.717) is 50.0 Å². The Morgan fingerprint density at radius 1 is 1.32 bits per heavy atom. The molecule has 138 valence electrons. The van der Waals surface area contributed by atoms with Gasteiger partial charge < -0.3 is 24.4 Å². The Kier molecular flexibility index (Phi) is 5.71. The van der Waals surface area contributed by atoms with Gasteiger partial charge in [-0.05, 0) is 18.6 Å². The minimum Gasteiger partial charge on any atom is -0.495 e. The summed E-state index contributed by atoms with van der Waals surface area (Å²) in [5.41, 5.74) is 1.82. The Morgan fingerprint density at radius 3 is 2.64 bits per heavy atom. The normalized spacial score (nSPS) is 19.2. The largest absolute Gasteiger partial charge is 0.495 e. The number of aryl methyl sites for hydroxylation is 1. The number of hydrogen-bond donors (Lipinski definition) is 1. The van der Waals surface area contributed by atoms with Crippen LogP contribution in [-0.4, -0.2) is 56.6 Å². The van der Waals surface area contributed by atoms with Crippen molar-refractivity contribution in [3.63, 3.8) is 0 Å². The zero-order valence-corrected chi connectivity index (χ0v) is 15.5. The summed E-state index contributed by atoms with van der Waals surface area (Å²) in [5.74, 6) is 0.381. The van der Waals surface area contributed by atoms with Crippen LogP contribution in [0.5, 0.6) is 5.75 Å². The maximum absolute atomic E-state index is 12.4. The molecule has 7 heteroatoms. The number of piperidine rings is 1. The number of nitrogens with one attached hydrogen (secondary N) is 1. The third-order valence-corrected chi connectivity index (χ3v) is 5.23. The lowest BCUT2D eigenvalue weighted by Gasteiger charge is -2.37. The molecule has 0 unspecified atom stereocenters. The first-order valence-electron chi connectivity index (χ1n) is 8.67. The first-order valence-corrected chi connectivity index (χ1v) is 9.04. The van der Waals surface area contributed by atoms with Crippen LogP contribution in [0.4, 0.5) is 5.69 Å². The average Bonchev–Trinajstić information content (AvgIpc) is 3.06. The molecule has 25 heavy (non-hydrogen) atoms. The van der Waals surface area contributed by atoms with Crippen molar-refractivity contribution in [1.82, 2.24) is 4.90 Å². The number of nitrogens with zero attached hydrogens (tertiary/aromatic N) is 1. The van der Waals surface area contributed by atoms with Gasteiger partial charge in [0, 0.05) is 50.0 Å². The number of methoxy groups -OCH3 is 1. The molecule has 1 aromatic rings. The first kappa shape index (κ1) is 18.3. The standard InChI is InChI=1S/C18H25ClN2O4/c1-13-11-15(16(23-2)12-14(13)19)20-6-3-17(22)21-7-4-18(5-8-21)24-9-10-25-18/h11-12,20H,3-10H2,1-2H3. The van der Waals surface area contributed by atoms with Gasteiger partial charge in [-0.2, -0.15) is 0 Å². The van der Waals surface area contributed by atoms with Gasteiger partial charge in [-0.25, -0.2) is 0 Å². The van der Waals surface area contributed by atoms with Crippen LogP contribution in [0.25, 0.3) is 0 Å². The fourth-order valence-electron chi connectivity index (χ4n) is 3.31. The summed E-state index contributed by atoms with van der Waals surface area (Å²) >= 11 is 6.11. The van der Waals surface area contributed by atoms with Gasteiger partial charge >= 0.3 is 0 Å². The molecule has 2 fully saturated rings. The van der Waals surface area contributed by atoms with Crippen LogP contribution in [0.2, 0.25) is 5.02 Å². The van der Waals surface area contributed by atoms with Crippen LogP contribution in [0.1, 0.15) is 24.8 Å². The van der Waals surface area contributed by atoms with Crippen molar-refractivity contribution in [2.45, 2.75) is 32.0 Å². The Balaban J connectivity index is 1.48. The van der Waals surface area contributed by atoms with Gasteiger partial charge in [0.05, 0.1) is 26.0 Å². The van der Waals surface area contributed by atoms with E-state index < -0.39 is 5.79 Å². The van der Waals surface area contributed by atoms with E-state index in [1.165, 1.54) is 0 Å². The molecule has 1 spiro atoms. The molecule has 1 aromatic carbocycles. The van der Waals surface area contributed by atoms with Gasteiger partial charge in [0.15, 0.2) is 5.79 Å². The van der Waals surface area contributed by atoms with E-state index >= 15 is 0 Å². The number of amides is 1. The van der Waals surface area contributed by atoms with Crippen molar-refractivity contribution < 1.29 is 19.0 Å². The highest BCUT2D eigenvalue weighted by atomic mass is 35.5. The molecule has 0 saturated carbocycles. The second-order valence-electron chi connectivity index (χ2n) is 6.47. The Morgan fingerprint density at radius 2 is 2.00 bits per heavy atom. The molecule has 0 radical (unpaired) electrons. The number of rotatable bonds is 5. The number of hydrogen-bond acceptors (Lipinski definition) is 5. The summed E-state index contributed by atoms with van der Waals surface area (Å²) in [7, 11) is 1.61. The van der Waals surface area contributed by atoms with E-state index in [0.717, 1.165) is 24.1 Å². The van der Waals surface area contributed by atoms with Crippen molar-refractivity contribution in [3.8, 4) is 5.75 Å². The van der Waals surface area contributed by atoms with Crippen LogP contribution >= 0.6 is 11.6 Å². The molecule has 1 amide bonds. The molecule has 3 rings (SSSR count). The lowest BCUT2D eigenvalue weighted by Crippen LogP contribution is -2.47. The molecule has 6 nitrogen and oxygen atoms in total. The number of ether oxygens (including phenoxy) is 3. The van der Waals surface area contributed by atoms with E-state index in [1.54, 1.807) is 13.2 Å². The summed E-state index contributed by atoms with van der Waals surface area (Å²) in [4.78, 5) is 14.3. The molecule has 2 aliphatic heterocycles. The highest BCUT2D eigenvalue weighted by Crippen LogP contribution is 2.32. The molecule has 2 saturated heterocycles. The second-order valence-corrected chi connectivity index (χ2v) is 6.87. The number of carbonyl (C=O) groups excluding carboxylic acids is 1. The molecule has 0 aliphatic carbocycles. The lowest BCUT2D eigenvalue weighted by atomic mass is 10.0. The molecule has 2 heterocycles. The Bertz CT molecular complexity index is 622. The van der Waals surface area contributed by atoms with Crippen LogP contribution in [-0.2, 0) is 14.3 Å². The lowest BCUT2D eigenvalue weighted by molar-refractivity contribution is -0.187. The fraction of sp³-hybridized carbons (Fsp3) is 0.611. The van der Waals surface area contributed by atoms with E-state index in [4.69, 9.17) is 25.8 Å². The Labute approximate surface area is 153 Å². The minimum absolute atomic E-state index is 0.144. The van der Waals surface area contributed by atoms with E-state index in [2.05, 4.69) is 5.32 Å². The SMILES string of the molecule is COc1cc(Cl)c(C)cc1NCCC(=O)N1CCC2(CC1)OCCO2. The van der Waals surface area contributed by atoms with Crippen molar-refractivity contribution in [2.75, 3.05) is 45.3 Å². The highest BCUT2D eigenvalue weighted by molar-refractivity contribution is 6.31. The average molecular weight is 369 g/mol. The topological polar surface area (TPSA) is 60.0 Å². The Hall–Kier alpha value is -1.50. The van der Waals surface area contributed by atoms with Gasteiger partial charge in [-0.1, -0.05) is 11.6 Å².